The predicted octanol–water partition coefficient (Wildman–Crippen LogP) is 1.47. The Morgan fingerprint density at radius 2 is 1.67 bits per heavy atom. The summed E-state index contributed by atoms with van der Waals surface area (Å²) < 4.78 is 15.7. The van der Waals surface area contributed by atoms with E-state index >= 15 is 0 Å². The van der Waals surface area contributed by atoms with E-state index in [4.69, 9.17) is 14.2 Å². The van der Waals surface area contributed by atoms with Gasteiger partial charge >= 0.3 is 0 Å². The van der Waals surface area contributed by atoms with Crippen molar-refractivity contribution < 1.29 is 14.2 Å². The van der Waals surface area contributed by atoms with Crippen molar-refractivity contribution in [2.45, 2.75) is 31.9 Å². The van der Waals surface area contributed by atoms with Crippen LogP contribution in [0, 0.1) is 0 Å². The highest BCUT2D eigenvalue weighted by Gasteiger charge is 1.92. The van der Waals surface area contributed by atoms with Crippen LogP contribution >= 0.6 is 0 Å². The van der Waals surface area contributed by atoms with Gasteiger partial charge < -0.3 is 14.2 Å². The fraction of sp³-hybridized carbons (Fsp3) is 1.00. The molecule has 0 rings (SSSR count). The summed E-state index contributed by atoms with van der Waals surface area (Å²) in [6.07, 6.45) is 2.37. The molecule has 0 saturated carbocycles. The molecule has 4 heteroatoms. The topological polar surface area (TPSA) is 27.7 Å². The molecule has 0 spiro atoms. The average Bonchev–Trinajstić information content (AvgIpc) is 2.26. The summed E-state index contributed by atoms with van der Waals surface area (Å²) in [4.78, 5) is 0. The third-order valence-corrected chi connectivity index (χ3v) is 3.90. The van der Waals surface area contributed by atoms with Crippen LogP contribution in [-0.2, 0) is 14.2 Å². The monoisotopic (exact) mass is 234 g/mol. The molecule has 0 aromatic rings. The van der Waals surface area contributed by atoms with E-state index < -0.39 is 0 Å². The molecule has 0 bridgehead atoms. The number of ether oxygens (including phenoxy) is 3. The van der Waals surface area contributed by atoms with Gasteiger partial charge in [-0.2, -0.15) is 0 Å². The number of hydrogen-bond donors (Lipinski definition) is 0. The molecule has 0 heterocycles. The van der Waals surface area contributed by atoms with E-state index in [-0.39, 0.29) is 9.52 Å². The van der Waals surface area contributed by atoms with Crippen molar-refractivity contribution in [3.8, 4) is 0 Å². The molecular formula is C11H26O3Si. The summed E-state index contributed by atoms with van der Waals surface area (Å²) >= 11 is 0. The molecule has 0 fully saturated rings. The first kappa shape index (κ1) is 15.1. The van der Waals surface area contributed by atoms with Crippen molar-refractivity contribution in [2.75, 3.05) is 40.1 Å². The molecule has 0 aromatic heterocycles. The zero-order chi connectivity index (χ0) is 11.2. The van der Waals surface area contributed by atoms with Crippen molar-refractivity contribution in [1.82, 2.24) is 0 Å². The van der Waals surface area contributed by atoms with Crippen LogP contribution in [0.2, 0.25) is 12.1 Å². The lowest BCUT2D eigenvalue weighted by Gasteiger charge is -2.03. The van der Waals surface area contributed by atoms with Crippen molar-refractivity contribution in [2.24, 2.45) is 0 Å². The average molecular weight is 234 g/mol. The lowest BCUT2D eigenvalue weighted by Crippen LogP contribution is -2.05. The first-order valence-electron chi connectivity index (χ1n) is 6.06. The van der Waals surface area contributed by atoms with Gasteiger partial charge in [-0.3, -0.25) is 0 Å². The van der Waals surface area contributed by atoms with Crippen LogP contribution in [0.5, 0.6) is 0 Å². The molecule has 3 nitrogen and oxygen atoms in total. The molecule has 0 unspecified atom stereocenters. The van der Waals surface area contributed by atoms with Crippen molar-refractivity contribution in [3.05, 3.63) is 0 Å². The molecule has 0 N–H and O–H groups in total. The Balaban J connectivity index is 2.81. The second kappa shape index (κ2) is 14.1. The third kappa shape index (κ3) is 14.1. The maximum atomic E-state index is 5.42. The first-order valence-corrected chi connectivity index (χ1v) is 8.06. The molecule has 0 aromatic carbocycles. The molecule has 0 aliphatic rings. The zero-order valence-corrected chi connectivity index (χ0v) is 11.7. The minimum atomic E-state index is 0.0970. The van der Waals surface area contributed by atoms with Gasteiger partial charge in [0.15, 0.2) is 0 Å². The molecular weight excluding hydrogens is 208 g/mol. The number of methoxy groups -OCH3 is 1. The lowest BCUT2D eigenvalue weighted by atomic mass is 10.5. The number of rotatable bonds is 12. The Bertz CT molecular complexity index is 100. The molecule has 0 amide bonds. The second-order valence-electron chi connectivity index (χ2n) is 3.63. The van der Waals surface area contributed by atoms with Gasteiger partial charge in [0.05, 0.1) is 13.2 Å². The van der Waals surface area contributed by atoms with Gasteiger partial charge in [0.25, 0.3) is 0 Å². The standard InChI is InChI=1S/C11H26O3Si/c1-3-5-13-6-4-10-15-11-9-14-8-7-12-2/h3-11,15H2,1-2H3. The normalized spacial score (nSPS) is 11.6. The molecule has 0 saturated heterocycles. The summed E-state index contributed by atoms with van der Waals surface area (Å²) in [5.41, 5.74) is 0. The Hall–Kier alpha value is 0.0969. The summed E-state index contributed by atoms with van der Waals surface area (Å²) in [6.45, 7) is 6.39. The zero-order valence-electron chi connectivity index (χ0n) is 10.3. The minimum absolute atomic E-state index is 0.0970. The van der Waals surface area contributed by atoms with Crippen molar-refractivity contribution in [1.29, 1.82) is 0 Å². The van der Waals surface area contributed by atoms with Crippen LogP contribution in [0.1, 0.15) is 19.8 Å². The van der Waals surface area contributed by atoms with Crippen LogP contribution in [0.3, 0.4) is 0 Å². The maximum absolute atomic E-state index is 5.42. The maximum Gasteiger partial charge on any atom is 0.0700 e. The van der Waals surface area contributed by atoms with E-state index in [1.54, 1.807) is 7.11 Å². The highest BCUT2D eigenvalue weighted by Crippen LogP contribution is 1.94. The van der Waals surface area contributed by atoms with E-state index in [0.717, 1.165) is 32.8 Å². The summed E-state index contributed by atoms with van der Waals surface area (Å²) in [7, 11) is 1.80. The summed E-state index contributed by atoms with van der Waals surface area (Å²) in [6, 6.07) is 2.68. The van der Waals surface area contributed by atoms with Gasteiger partial charge in [-0.1, -0.05) is 13.0 Å². The molecule has 0 atom stereocenters. The highest BCUT2D eigenvalue weighted by molar-refractivity contribution is 6.35. The van der Waals surface area contributed by atoms with E-state index in [0.29, 0.717) is 6.61 Å². The fourth-order valence-corrected chi connectivity index (χ4v) is 2.57. The second-order valence-corrected chi connectivity index (χ2v) is 5.75. The molecule has 0 aliphatic heterocycles. The quantitative estimate of drug-likeness (QED) is 0.378. The Kier molecular flexibility index (Phi) is 14.2. The Labute approximate surface area is 96.3 Å². The Morgan fingerprint density at radius 3 is 2.40 bits per heavy atom. The molecule has 0 radical (unpaired) electrons. The molecule has 0 aliphatic carbocycles. The largest absolute Gasteiger partial charge is 0.382 e. The van der Waals surface area contributed by atoms with Crippen LogP contribution in [-0.4, -0.2) is 49.7 Å². The smallest absolute Gasteiger partial charge is 0.0700 e. The van der Waals surface area contributed by atoms with E-state index in [2.05, 4.69) is 6.92 Å². The highest BCUT2D eigenvalue weighted by atomic mass is 28.2. The van der Waals surface area contributed by atoms with Crippen LogP contribution < -0.4 is 0 Å². The van der Waals surface area contributed by atoms with E-state index in [9.17, 15) is 0 Å². The fourth-order valence-electron chi connectivity index (χ4n) is 1.25. The van der Waals surface area contributed by atoms with Crippen molar-refractivity contribution >= 4 is 9.52 Å². The molecule has 92 valence electrons. The minimum Gasteiger partial charge on any atom is -0.382 e. The SMILES string of the molecule is CCCOCCC[SiH2]CCOCCOC. The number of hydrogen-bond acceptors (Lipinski definition) is 3. The summed E-state index contributed by atoms with van der Waals surface area (Å²) in [5.74, 6) is 0. The third-order valence-electron chi connectivity index (χ3n) is 2.11. The van der Waals surface area contributed by atoms with Crippen molar-refractivity contribution in [3.63, 3.8) is 0 Å². The van der Waals surface area contributed by atoms with Gasteiger partial charge in [-0.25, -0.2) is 0 Å². The van der Waals surface area contributed by atoms with E-state index in [1.165, 1.54) is 18.5 Å². The predicted molar refractivity (Wildman–Crippen MR) is 66.6 cm³/mol. The van der Waals surface area contributed by atoms with Crippen LogP contribution in [0.25, 0.3) is 0 Å². The van der Waals surface area contributed by atoms with Gasteiger partial charge in [0, 0.05) is 36.5 Å². The van der Waals surface area contributed by atoms with Gasteiger partial charge in [0.2, 0.25) is 0 Å². The summed E-state index contributed by atoms with van der Waals surface area (Å²) in [5, 5.41) is 0. The Morgan fingerprint density at radius 1 is 0.867 bits per heavy atom. The first-order chi connectivity index (χ1) is 7.41. The van der Waals surface area contributed by atoms with E-state index in [1.807, 2.05) is 0 Å². The molecule has 15 heavy (non-hydrogen) atoms. The van der Waals surface area contributed by atoms with Crippen LogP contribution in [0.4, 0.5) is 0 Å². The van der Waals surface area contributed by atoms with Gasteiger partial charge in [0.1, 0.15) is 0 Å². The van der Waals surface area contributed by atoms with Crippen LogP contribution in [0.15, 0.2) is 0 Å². The lowest BCUT2D eigenvalue weighted by molar-refractivity contribution is 0.0776. The van der Waals surface area contributed by atoms with Gasteiger partial charge in [-0.05, 0) is 18.9 Å². The van der Waals surface area contributed by atoms with Gasteiger partial charge in [-0.15, -0.1) is 0 Å².